The van der Waals surface area contributed by atoms with E-state index in [2.05, 4.69) is 33.9 Å². The van der Waals surface area contributed by atoms with Crippen molar-refractivity contribution in [1.29, 1.82) is 0 Å². The summed E-state index contributed by atoms with van der Waals surface area (Å²) in [5, 5.41) is 0. The Morgan fingerprint density at radius 2 is 1.89 bits per heavy atom. The van der Waals surface area contributed by atoms with Crippen LogP contribution in [-0.4, -0.2) is 17.0 Å². The molecule has 0 saturated carbocycles. The SMILES string of the molecule is CCCc1nc(N)cc(N(C)Cc2ccccc2)n1. The van der Waals surface area contributed by atoms with Crippen molar-refractivity contribution < 1.29 is 0 Å². The van der Waals surface area contributed by atoms with Gasteiger partial charge in [-0.15, -0.1) is 0 Å². The molecule has 4 heteroatoms. The van der Waals surface area contributed by atoms with Crippen LogP contribution in [0.1, 0.15) is 24.7 Å². The van der Waals surface area contributed by atoms with Gasteiger partial charge in [0.25, 0.3) is 0 Å². The van der Waals surface area contributed by atoms with Crippen molar-refractivity contribution in [3.8, 4) is 0 Å². The molecule has 0 spiro atoms. The second-order valence-electron chi connectivity index (χ2n) is 4.66. The van der Waals surface area contributed by atoms with Crippen LogP contribution in [0.2, 0.25) is 0 Å². The molecule has 100 valence electrons. The molecular weight excluding hydrogens is 236 g/mol. The summed E-state index contributed by atoms with van der Waals surface area (Å²) in [6.45, 7) is 2.92. The van der Waals surface area contributed by atoms with E-state index in [-0.39, 0.29) is 0 Å². The van der Waals surface area contributed by atoms with Crippen LogP contribution >= 0.6 is 0 Å². The second kappa shape index (κ2) is 6.18. The molecule has 0 fully saturated rings. The van der Waals surface area contributed by atoms with Crippen molar-refractivity contribution in [3.63, 3.8) is 0 Å². The molecule has 2 aromatic rings. The first-order valence-electron chi connectivity index (χ1n) is 6.57. The zero-order chi connectivity index (χ0) is 13.7. The number of rotatable bonds is 5. The molecule has 2 rings (SSSR count). The first-order valence-corrected chi connectivity index (χ1v) is 6.57. The van der Waals surface area contributed by atoms with Gasteiger partial charge in [0, 0.05) is 26.1 Å². The van der Waals surface area contributed by atoms with E-state index in [1.54, 1.807) is 0 Å². The fraction of sp³-hybridized carbons (Fsp3) is 0.333. The normalized spacial score (nSPS) is 10.4. The molecule has 0 bridgehead atoms. The standard InChI is InChI=1S/C15H20N4/c1-3-7-14-17-13(16)10-15(18-14)19(2)11-12-8-5-4-6-9-12/h4-6,8-10H,3,7,11H2,1-2H3,(H2,16,17,18). The van der Waals surface area contributed by atoms with E-state index in [0.29, 0.717) is 5.82 Å². The van der Waals surface area contributed by atoms with E-state index < -0.39 is 0 Å². The minimum Gasteiger partial charge on any atom is -0.384 e. The molecule has 4 nitrogen and oxygen atoms in total. The summed E-state index contributed by atoms with van der Waals surface area (Å²) in [4.78, 5) is 10.9. The van der Waals surface area contributed by atoms with E-state index >= 15 is 0 Å². The summed E-state index contributed by atoms with van der Waals surface area (Å²) in [5.41, 5.74) is 7.09. The van der Waals surface area contributed by atoms with Crippen molar-refractivity contribution in [2.75, 3.05) is 17.7 Å². The molecule has 0 amide bonds. The molecule has 0 aliphatic heterocycles. The number of anilines is 2. The zero-order valence-electron chi connectivity index (χ0n) is 11.5. The number of hydrogen-bond donors (Lipinski definition) is 1. The van der Waals surface area contributed by atoms with Gasteiger partial charge in [-0.3, -0.25) is 0 Å². The van der Waals surface area contributed by atoms with Crippen LogP contribution < -0.4 is 10.6 Å². The molecule has 0 aliphatic carbocycles. The van der Waals surface area contributed by atoms with Gasteiger partial charge in [0.05, 0.1) is 0 Å². The van der Waals surface area contributed by atoms with Crippen LogP contribution in [0.15, 0.2) is 36.4 Å². The highest BCUT2D eigenvalue weighted by Crippen LogP contribution is 2.16. The first kappa shape index (κ1) is 13.3. The smallest absolute Gasteiger partial charge is 0.134 e. The average Bonchev–Trinajstić information content (AvgIpc) is 2.39. The topological polar surface area (TPSA) is 55.0 Å². The molecule has 0 radical (unpaired) electrons. The van der Waals surface area contributed by atoms with Gasteiger partial charge in [-0.1, -0.05) is 37.3 Å². The van der Waals surface area contributed by atoms with Crippen molar-refractivity contribution in [3.05, 3.63) is 47.8 Å². The predicted octanol–water partition coefficient (Wildman–Crippen LogP) is 2.65. The van der Waals surface area contributed by atoms with Crippen molar-refractivity contribution >= 4 is 11.6 Å². The molecule has 0 unspecified atom stereocenters. The van der Waals surface area contributed by atoms with Gasteiger partial charge in [0.2, 0.25) is 0 Å². The number of nitrogens with two attached hydrogens (primary N) is 1. The molecule has 1 heterocycles. The maximum absolute atomic E-state index is 5.84. The van der Waals surface area contributed by atoms with E-state index in [4.69, 9.17) is 5.73 Å². The van der Waals surface area contributed by atoms with Gasteiger partial charge >= 0.3 is 0 Å². The van der Waals surface area contributed by atoms with Crippen LogP contribution in [0.5, 0.6) is 0 Å². The first-order chi connectivity index (χ1) is 9.19. The summed E-state index contributed by atoms with van der Waals surface area (Å²) >= 11 is 0. The summed E-state index contributed by atoms with van der Waals surface area (Å²) < 4.78 is 0. The fourth-order valence-electron chi connectivity index (χ4n) is 1.97. The Bertz CT molecular complexity index is 525. The van der Waals surface area contributed by atoms with Gasteiger partial charge in [0.1, 0.15) is 17.5 Å². The third-order valence-electron chi connectivity index (χ3n) is 2.91. The van der Waals surface area contributed by atoms with Crippen molar-refractivity contribution in [2.24, 2.45) is 0 Å². The lowest BCUT2D eigenvalue weighted by molar-refractivity contribution is 0.815. The van der Waals surface area contributed by atoms with E-state index in [9.17, 15) is 0 Å². The Hall–Kier alpha value is -2.10. The Morgan fingerprint density at radius 3 is 2.58 bits per heavy atom. The van der Waals surface area contributed by atoms with Crippen LogP contribution in [0.4, 0.5) is 11.6 Å². The summed E-state index contributed by atoms with van der Waals surface area (Å²) in [7, 11) is 2.02. The van der Waals surface area contributed by atoms with Gasteiger partial charge in [0.15, 0.2) is 0 Å². The van der Waals surface area contributed by atoms with Gasteiger partial charge in [-0.05, 0) is 12.0 Å². The Balaban J connectivity index is 2.16. The maximum Gasteiger partial charge on any atom is 0.134 e. The Morgan fingerprint density at radius 1 is 1.16 bits per heavy atom. The monoisotopic (exact) mass is 256 g/mol. The van der Waals surface area contributed by atoms with Crippen LogP contribution in [0.25, 0.3) is 0 Å². The van der Waals surface area contributed by atoms with Crippen LogP contribution in [-0.2, 0) is 13.0 Å². The Kier molecular flexibility index (Phi) is 4.34. The predicted molar refractivity (Wildman–Crippen MR) is 79.0 cm³/mol. The summed E-state index contributed by atoms with van der Waals surface area (Å²) in [6, 6.07) is 12.1. The number of nitrogen functional groups attached to an aromatic ring is 1. The highest BCUT2D eigenvalue weighted by Gasteiger charge is 2.07. The lowest BCUT2D eigenvalue weighted by atomic mass is 10.2. The van der Waals surface area contributed by atoms with Gasteiger partial charge in [-0.2, -0.15) is 0 Å². The summed E-state index contributed by atoms with van der Waals surface area (Å²) in [5.74, 6) is 2.23. The lowest BCUT2D eigenvalue weighted by Gasteiger charge is -2.19. The maximum atomic E-state index is 5.84. The Labute approximate surface area is 114 Å². The van der Waals surface area contributed by atoms with Crippen LogP contribution in [0.3, 0.4) is 0 Å². The van der Waals surface area contributed by atoms with Gasteiger partial charge < -0.3 is 10.6 Å². The molecule has 2 N–H and O–H groups in total. The third kappa shape index (κ3) is 3.68. The van der Waals surface area contributed by atoms with Crippen molar-refractivity contribution in [1.82, 2.24) is 9.97 Å². The molecule has 0 saturated heterocycles. The molecule has 1 aromatic carbocycles. The van der Waals surface area contributed by atoms with Gasteiger partial charge in [-0.25, -0.2) is 9.97 Å². The number of nitrogens with zero attached hydrogens (tertiary/aromatic N) is 3. The number of aromatic nitrogens is 2. The molecule has 0 atom stereocenters. The summed E-state index contributed by atoms with van der Waals surface area (Å²) in [6.07, 6.45) is 1.88. The number of aryl methyl sites for hydroxylation is 1. The van der Waals surface area contributed by atoms with Crippen LogP contribution in [0, 0.1) is 0 Å². The molecule has 19 heavy (non-hydrogen) atoms. The highest BCUT2D eigenvalue weighted by molar-refractivity contribution is 5.46. The largest absolute Gasteiger partial charge is 0.384 e. The highest BCUT2D eigenvalue weighted by atomic mass is 15.2. The quantitative estimate of drug-likeness (QED) is 0.893. The lowest BCUT2D eigenvalue weighted by Crippen LogP contribution is -2.19. The number of hydrogen-bond acceptors (Lipinski definition) is 4. The minimum atomic E-state index is 0.536. The fourth-order valence-corrected chi connectivity index (χ4v) is 1.97. The van der Waals surface area contributed by atoms with E-state index in [0.717, 1.165) is 31.0 Å². The zero-order valence-corrected chi connectivity index (χ0v) is 11.5. The second-order valence-corrected chi connectivity index (χ2v) is 4.66. The van der Waals surface area contributed by atoms with Crippen molar-refractivity contribution in [2.45, 2.75) is 26.3 Å². The molecule has 0 aliphatic rings. The molecule has 1 aromatic heterocycles. The average molecular weight is 256 g/mol. The van der Waals surface area contributed by atoms with E-state index in [1.807, 2.05) is 31.3 Å². The third-order valence-corrected chi connectivity index (χ3v) is 2.91. The van der Waals surface area contributed by atoms with E-state index in [1.165, 1.54) is 5.56 Å². The minimum absolute atomic E-state index is 0.536. The molecular formula is C15H20N4. The number of benzene rings is 1.